The van der Waals surface area contributed by atoms with Crippen molar-refractivity contribution < 1.29 is 4.79 Å². The zero-order chi connectivity index (χ0) is 13.7. The first-order valence-corrected chi connectivity index (χ1v) is 7.06. The molecule has 0 unspecified atom stereocenters. The van der Waals surface area contributed by atoms with Crippen molar-refractivity contribution >= 4 is 11.6 Å². The number of amides is 1. The molecule has 1 aromatic rings. The fourth-order valence-corrected chi connectivity index (χ4v) is 2.08. The minimum atomic E-state index is 0.166. The molecular weight excluding hydrogens is 238 g/mol. The van der Waals surface area contributed by atoms with Gasteiger partial charge in [-0.1, -0.05) is 12.1 Å². The number of rotatable bonds is 7. The van der Waals surface area contributed by atoms with Gasteiger partial charge in [0, 0.05) is 37.8 Å². The molecule has 3 N–H and O–H groups in total. The molecule has 0 aromatic heterocycles. The Morgan fingerprint density at radius 3 is 2.58 bits per heavy atom. The molecule has 1 aliphatic rings. The first-order chi connectivity index (χ1) is 9.22. The summed E-state index contributed by atoms with van der Waals surface area (Å²) < 4.78 is 0. The lowest BCUT2D eigenvalue weighted by molar-refractivity contribution is -0.121. The molecule has 0 heterocycles. The van der Waals surface area contributed by atoms with Gasteiger partial charge in [-0.05, 0) is 37.5 Å². The molecule has 0 atom stereocenters. The van der Waals surface area contributed by atoms with Crippen LogP contribution in [-0.4, -0.2) is 25.0 Å². The van der Waals surface area contributed by atoms with Crippen molar-refractivity contribution in [3.63, 3.8) is 0 Å². The van der Waals surface area contributed by atoms with Crippen molar-refractivity contribution in [3.05, 3.63) is 29.8 Å². The van der Waals surface area contributed by atoms with E-state index in [-0.39, 0.29) is 5.91 Å². The fourth-order valence-electron chi connectivity index (χ4n) is 2.08. The molecule has 1 fully saturated rings. The number of nitrogens with one attached hydrogen (secondary N) is 1. The van der Waals surface area contributed by atoms with Gasteiger partial charge < -0.3 is 16.0 Å². The van der Waals surface area contributed by atoms with Crippen molar-refractivity contribution in [2.45, 2.75) is 38.8 Å². The Morgan fingerprint density at radius 2 is 2.05 bits per heavy atom. The Morgan fingerprint density at radius 1 is 1.37 bits per heavy atom. The van der Waals surface area contributed by atoms with E-state index in [4.69, 9.17) is 5.73 Å². The van der Waals surface area contributed by atoms with E-state index in [1.54, 1.807) is 0 Å². The lowest BCUT2D eigenvalue weighted by Gasteiger charge is -2.23. The number of nitrogens with two attached hydrogens (primary N) is 1. The average molecular weight is 261 g/mol. The van der Waals surface area contributed by atoms with Crippen molar-refractivity contribution in [2.24, 2.45) is 5.73 Å². The number of nitrogens with zero attached hydrogens (tertiary/aromatic N) is 1. The van der Waals surface area contributed by atoms with Gasteiger partial charge in [-0.25, -0.2) is 0 Å². The minimum Gasteiger partial charge on any atom is -0.371 e. The molecule has 1 saturated carbocycles. The molecule has 0 aliphatic heterocycles. The highest BCUT2D eigenvalue weighted by atomic mass is 16.1. The molecule has 1 aromatic carbocycles. The molecule has 0 spiro atoms. The van der Waals surface area contributed by atoms with Gasteiger partial charge in [-0.3, -0.25) is 4.79 Å². The molecule has 0 bridgehead atoms. The highest BCUT2D eigenvalue weighted by Gasteiger charge is 2.23. The summed E-state index contributed by atoms with van der Waals surface area (Å²) in [6.45, 7) is 4.33. The van der Waals surface area contributed by atoms with Gasteiger partial charge in [-0.2, -0.15) is 0 Å². The van der Waals surface area contributed by atoms with Gasteiger partial charge >= 0.3 is 0 Å². The van der Waals surface area contributed by atoms with E-state index in [1.165, 1.54) is 0 Å². The predicted molar refractivity (Wildman–Crippen MR) is 78.0 cm³/mol. The third kappa shape index (κ3) is 4.24. The number of anilines is 1. The Bertz CT molecular complexity index is 412. The summed E-state index contributed by atoms with van der Waals surface area (Å²) >= 11 is 0. The molecule has 1 amide bonds. The minimum absolute atomic E-state index is 0.166. The Labute approximate surface area is 115 Å². The highest BCUT2D eigenvalue weighted by molar-refractivity contribution is 5.77. The van der Waals surface area contributed by atoms with Gasteiger partial charge in [0.2, 0.25) is 5.91 Å². The van der Waals surface area contributed by atoms with Crippen LogP contribution in [0.4, 0.5) is 5.69 Å². The number of hydrogen-bond acceptors (Lipinski definition) is 3. The van der Waals surface area contributed by atoms with E-state index in [2.05, 4.69) is 29.3 Å². The monoisotopic (exact) mass is 261 g/mol. The highest BCUT2D eigenvalue weighted by Crippen LogP contribution is 2.19. The summed E-state index contributed by atoms with van der Waals surface area (Å²) in [4.78, 5) is 13.9. The zero-order valence-electron chi connectivity index (χ0n) is 11.6. The van der Waals surface area contributed by atoms with Crippen LogP contribution >= 0.6 is 0 Å². The number of hydrogen-bond donors (Lipinski definition) is 2. The van der Waals surface area contributed by atoms with Crippen LogP contribution in [0.2, 0.25) is 0 Å². The van der Waals surface area contributed by atoms with Crippen molar-refractivity contribution in [1.82, 2.24) is 5.32 Å². The lowest BCUT2D eigenvalue weighted by Crippen LogP contribution is -2.31. The van der Waals surface area contributed by atoms with Gasteiger partial charge in [0.1, 0.15) is 0 Å². The summed E-state index contributed by atoms with van der Waals surface area (Å²) in [5, 5.41) is 3.02. The molecule has 0 radical (unpaired) electrons. The predicted octanol–water partition coefficient (Wildman–Crippen LogP) is 1.64. The normalized spacial score (nSPS) is 14.2. The van der Waals surface area contributed by atoms with E-state index in [0.29, 0.717) is 19.0 Å². The van der Waals surface area contributed by atoms with Crippen molar-refractivity contribution in [3.8, 4) is 0 Å². The van der Waals surface area contributed by atoms with Crippen LogP contribution in [0.25, 0.3) is 0 Å². The molecule has 4 nitrogen and oxygen atoms in total. The van der Waals surface area contributed by atoms with Gasteiger partial charge in [-0.15, -0.1) is 0 Å². The average Bonchev–Trinajstić information content (AvgIpc) is 3.24. The quantitative estimate of drug-likeness (QED) is 0.784. The van der Waals surface area contributed by atoms with E-state index in [9.17, 15) is 4.79 Å². The Hall–Kier alpha value is -1.55. The summed E-state index contributed by atoms with van der Waals surface area (Å²) in [6, 6.07) is 8.69. The smallest absolute Gasteiger partial charge is 0.221 e. The summed E-state index contributed by atoms with van der Waals surface area (Å²) in [6.07, 6.45) is 2.84. The molecular formula is C15H23N3O. The van der Waals surface area contributed by atoms with Crippen LogP contribution in [0.5, 0.6) is 0 Å². The third-order valence-corrected chi connectivity index (χ3v) is 3.47. The zero-order valence-corrected chi connectivity index (χ0v) is 11.6. The number of carbonyl (C=O) groups is 1. The van der Waals surface area contributed by atoms with Crippen LogP contribution < -0.4 is 16.0 Å². The van der Waals surface area contributed by atoms with Crippen LogP contribution in [0, 0.1) is 0 Å². The molecule has 19 heavy (non-hydrogen) atoms. The second-order valence-corrected chi connectivity index (χ2v) is 5.04. The van der Waals surface area contributed by atoms with E-state index < -0.39 is 0 Å². The van der Waals surface area contributed by atoms with Gasteiger partial charge in [0.15, 0.2) is 0 Å². The Balaban J connectivity index is 1.85. The van der Waals surface area contributed by atoms with Crippen molar-refractivity contribution in [2.75, 3.05) is 18.0 Å². The van der Waals surface area contributed by atoms with Gasteiger partial charge in [0.25, 0.3) is 0 Å². The maximum atomic E-state index is 11.7. The molecule has 0 saturated heterocycles. The van der Waals surface area contributed by atoms with Crippen LogP contribution in [0.15, 0.2) is 24.3 Å². The second-order valence-electron chi connectivity index (χ2n) is 5.04. The van der Waals surface area contributed by atoms with Crippen LogP contribution in [0.3, 0.4) is 0 Å². The topological polar surface area (TPSA) is 58.4 Å². The fraction of sp³-hybridized carbons (Fsp3) is 0.533. The maximum Gasteiger partial charge on any atom is 0.221 e. The number of carbonyl (C=O) groups excluding carboxylic acids is 1. The van der Waals surface area contributed by atoms with E-state index >= 15 is 0 Å². The van der Waals surface area contributed by atoms with Crippen molar-refractivity contribution in [1.29, 1.82) is 0 Å². The van der Waals surface area contributed by atoms with E-state index in [0.717, 1.165) is 37.2 Å². The molecule has 4 heteroatoms. The molecule has 104 valence electrons. The standard InChI is InChI=1S/C15H23N3O/c1-2-18(10-9-15(19)17-13-5-6-13)14-7-3-12(11-16)4-8-14/h3-4,7-8,13H,2,5-6,9-11,16H2,1H3,(H,17,19). The second kappa shape index (κ2) is 6.57. The molecule has 2 rings (SSSR count). The summed E-state index contributed by atoms with van der Waals surface area (Å²) in [7, 11) is 0. The summed E-state index contributed by atoms with van der Waals surface area (Å²) in [5.41, 5.74) is 7.88. The first kappa shape index (κ1) is 13.9. The largest absolute Gasteiger partial charge is 0.371 e. The maximum absolute atomic E-state index is 11.7. The van der Waals surface area contributed by atoms with Crippen LogP contribution in [-0.2, 0) is 11.3 Å². The first-order valence-electron chi connectivity index (χ1n) is 7.06. The van der Waals surface area contributed by atoms with Gasteiger partial charge in [0.05, 0.1) is 0 Å². The third-order valence-electron chi connectivity index (χ3n) is 3.47. The molecule has 1 aliphatic carbocycles. The number of benzene rings is 1. The van der Waals surface area contributed by atoms with E-state index in [1.807, 2.05) is 12.1 Å². The lowest BCUT2D eigenvalue weighted by atomic mass is 10.2. The summed E-state index contributed by atoms with van der Waals surface area (Å²) in [5.74, 6) is 0.166. The Kier molecular flexibility index (Phi) is 4.80. The van der Waals surface area contributed by atoms with Crippen LogP contribution in [0.1, 0.15) is 31.7 Å². The SMILES string of the molecule is CCN(CCC(=O)NC1CC1)c1ccc(CN)cc1.